The van der Waals surface area contributed by atoms with Gasteiger partial charge in [0, 0.05) is 10.4 Å². The molecule has 0 bridgehead atoms. The first-order valence-electron chi connectivity index (χ1n) is 7.41. The lowest BCUT2D eigenvalue weighted by Crippen LogP contribution is -2.01. The van der Waals surface area contributed by atoms with E-state index in [1.807, 2.05) is 55.5 Å². The Morgan fingerprint density at radius 2 is 1.88 bits per heavy atom. The van der Waals surface area contributed by atoms with Crippen molar-refractivity contribution >= 4 is 45.2 Å². The van der Waals surface area contributed by atoms with E-state index in [9.17, 15) is 0 Å². The van der Waals surface area contributed by atoms with Gasteiger partial charge in [-0.05, 0) is 36.8 Å². The summed E-state index contributed by atoms with van der Waals surface area (Å²) in [6.45, 7) is 1.91. The maximum absolute atomic E-state index is 5.91. The fourth-order valence-electron chi connectivity index (χ4n) is 2.50. The normalized spacial score (nSPS) is 12.0. The number of para-hydroxylation sites is 1. The number of halogens is 1. The van der Waals surface area contributed by atoms with Gasteiger partial charge in [-0.2, -0.15) is 5.10 Å². The standard InChI is InChI=1S/C18H13ClN4O/c1-11(12-6-8-13(19)9-7-12)22-23-18-17-16(20-10-21-18)14-4-2-3-5-15(14)24-17/h2-10H,1H3,(H,20,21,23)/b22-11-. The zero-order valence-corrected chi connectivity index (χ0v) is 13.6. The van der Waals surface area contributed by atoms with E-state index < -0.39 is 0 Å². The third-order valence-corrected chi connectivity index (χ3v) is 4.00. The quantitative estimate of drug-likeness (QED) is 0.428. The molecule has 6 heteroatoms. The number of nitrogens with zero attached hydrogens (tertiary/aromatic N) is 3. The molecule has 0 atom stereocenters. The van der Waals surface area contributed by atoms with Gasteiger partial charge < -0.3 is 4.42 Å². The second kappa shape index (κ2) is 5.94. The number of fused-ring (bicyclic) bond motifs is 3. The second-order valence-electron chi connectivity index (χ2n) is 5.31. The molecule has 0 unspecified atom stereocenters. The maximum atomic E-state index is 5.91. The van der Waals surface area contributed by atoms with Crippen molar-refractivity contribution in [1.29, 1.82) is 0 Å². The van der Waals surface area contributed by atoms with Crippen LogP contribution >= 0.6 is 11.6 Å². The Labute approximate surface area is 143 Å². The van der Waals surface area contributed by atoms with Gasteiger partial charge in [0.2, 0.25) is 0 Å². The van der Waals surface area contributed by atoms with Crippen molar-refractivity contribution in [1.82, 2.24) is 9.97 Å². The molecular formula is C18H13ClN4O. The van der Waals surface area contributed by atoms with Crippen LogP contribution in [0.3, 0.4) is 0 Å². The van der Waals surface area contributed by atoms with Crippen molar-refractivity contribution in [2.75, 3.05) is 5.43 Å². The summed E-state index contributed by atoms with van der Waals surface area (Å²) in [6.07, 6.45) is 1.50. The molecule has 0 fully saturated rings. The van der Waals surface area contributed by atoms with Gasteiger partial charge in [0.15, 0.2) is 11.4 Å². The summed E-state index contributed by atoms with van der Waals surface area (Å²) in [5.41, 5.74) is 6.89. The Morgan fingerprint density at radius 3 is 2.71 bits per heavy atom. The zero-order chi connectivity index (χ0) is 16.5. The number of anilines is 1. The highest BCUT2D eigenvalue weighted by atomic mass is 35.5. The fraction of sp³-hybridized carbons (Fsp3) is 0.0556. The van der Waals surface area contributed by atoms with Crippen LogP contribution in [0.2, 0.25) is 5.02 Å². The van der Waals surface area contributed by atoms with Crippen LogP contribution in [0.4, 0.5) is 5.82 Å². The Morgan fingerprint density at radius 1 is 1.08 bits per heavy atom. The molecule has 118 valence electrons. The zero-order valence-electron chi connectivity index (χ0n) is 12.8. The molecule has 2 aromatic carbocycles. The van der Waals surface area contributed by atoms with Crippen LogP contribution in [0.1, 0.15) is 12.5 Å². The molecule has 24 heavy (non-hydrogen) atoms. The van der Waals surface area contributed by atoms with E-state index in [4.69, 9.17) is 16.0 Å². The van der Waals surface area contributed by atoms with Crippen molar-refractivity contribution < 1.29 is 4.42 Å². The van der Waals surface area contributed by atoms with Gasteiger partial charge in [-0.15, -0.1) is 0 Å². The number of hydrogen-bond acceptors (Lipinski definition) is 5. The predicted octanol–water partition coefficient (Wildman–Crippen LogP) is 4.87. The molecule has 2 heterocycles. The van der Waals surface area contributed by atoms with E-state index in [1.165, 1.54) is 6.33 Å². The minimum absolute atomic E-state index is 0.532. The molecule has 0 aliphatic heterocycles. The van der Waals surface area contributed by atoms with E-state index in [2.05, 4.69) is 20.5 Å². The molecule has 4 aromatic rings. The number of hydrazone groups is 1. The number of furan rings is 1. The van der Waals surface area contributed by atoms with Crippen molar-refractivity contribution in [2.24, 2.45) is 5.10 Å². The molecule has 0 aliphatic rings. The lowest BCUT2D eigenvalue weighted by molar-refractivity contribution is 0.667. The van der Waals surface area contributed by atoms with Gasteiger partial charge in [-0.1, -0.05) is 35.9 Å². The molecule has 1 N–H and O–H groups in total. The Hall–Kier alpha value is -2.92. The minimum atomic E-state index is 0.532. The van der Waals surface area contributed by atoms with Crippen LogP contribution in [0, 0.1) is 0 Å². The van der Waals surface area contributed by atoms with E-state index >= 15 is 0 Å². The number of nitrogens with one attached hydrogen (secondary N) is 1. The maximum Gasteiger partial charge on any atom is 0.197 e. The first-order chi connectivity index (χ1) is 11.7. The van der Waals surface area contributed by atoms with Gasteiger partial charge in [0.1, 0.15) is 17.4 Å². The fourth-order valence-corrected chi connectivity index (χ4v) is 2.62. The summed E-state index contributed by atoms with van der Waals surface area (Å²) in [5.74, 6) is 0.532. The van der Waals surface area contributed by atoms with E-state index in [0.717, 1.165) is 27.8 Å². The van der Waals surface area contributed by atoms with E-state index in [0.29, 0.717) is 16.4 Å². The minimum Gasteiger partial charge on any atom is -0.450 e. The Balaban J connectivity index is 1.72. The van der Waals surface area contributed by atoms with E-state index in [-0.39, 0.29) is 0 Å². The average molecular weight is 337 g/mol. The third-order valence-electron chi connectivity index (χ3n) is 3.75. The molecule has 0 amide bonds. The molecule has 0 radical (unpaired) electrons. The summed E-state index contributed by atoms with van der Waals surface area (Å²) in [7, 11) is 0. The lowest BCUT2D eigenvalue weighted by atomic mass is 10.1. The lowest BCUT2D eigenvalue weighted by Gasteiger charge is -2.03. The largest absolute Gasteiger partial charge is 0.450 e. The summed E-state index contributed by atoms with van der Waals surface area (Å²) in [4.78, 5) is 8.55. The third kappa shape index (κ3) is 2.59. The SMILES string of the molecule is C/C(=N/Nc1ncnc2c1oc1ccccc12)c1ccc(Cl)cc1. The number of hydrogen-bond donors (Lipinski definition) is 1. The van der Waals surface area contributed by atoms with Crippen LogP contribution in [0.5, 0.6) is 0 Å². The molecule has 2 aromatic heterocycles. The van der Waals surface area contributed by atoms with Gasteiger partial charge >= 0.3 is 0 Å². The smallest absolute Gasteiger partial charge is 0.197 e. The van der Waals surface area contributed by atoms with Crippen LogP contribution in [0.25, 0.3) is 22.1 Å². The Bertz CT molecular complexity index is 1050. The van der Waals surface area contributed by atoms with Crippen LogP contribution in [-0.4, -0.2) is 15.7 Å². The molecule has 5 nitrogen and oxygen atoms in total. The monoisotopic (exact) mass is 336 g/mol. The Kier molecular flexibility index (Phi) is 3.63. The number of rotatable bonds is 3. The predicted molar refractivity (Wildman–Crippen MR) is 96.6 cm³/mol. The van der Waals surface area contributed by atoms with Crippen molar-refractivity contribution in [2.45, 2.75) is 6.92 Å². The molecule has 0 saturated carbocycles. The van der Waals surface area contributed by atoms with Crippen molar-refractivity contribution in [3.8, 4) is 0 Å². The topological polar surface area (TPSA) is 63.3 Å². The van der Waals surface area contributed by atoms with Gasteiger partial charge in [0.25, 0.3) is 0 Å². The molecule has 4 rings (SSSR count). The highest BCUT2D eigenvalue weighted by molar-refractivity contribution is 6.30. The molecule has 0 spiro atoms. The highest BCUT2D eigenvalue weighted by Crippen LogP contribution is 2.30. The van der Waals surface area contributed by atoms with Crippen LogP contribution < -0.4 is 5.43 Å². The van der Waals surface area contributed by atoms with E-state index in [1.54, 1.807) is 0 Å². The first-order valence-corrected chi connectivity index (χ1v) is 7.78. The number of aromatic nitrogens is 2. The van der Waals surface area contributed by atoms with Crippen LogP contribution in [0.15, 0.2) is 64.4 Å². The van der Waals surface area contributed by atoms with Gasteiger partial charge in [-0.25, -0.2) is 9.97 Å². The summed E-state index contributed by atoms with van der Waals surface area (Å²) < 4.78 is 5.86. The average Bonchev–Trinajstić information content (AvgIpc) is 2.99. The van der Waals surface area contributed by atoms with Crippen molar-refractivity contribution in [3.05, 3.63) is 65.4 Å². The first kappa shape index (κ1) is 14.7. The summed E-state index contributed by atoms with van der Waals surface area (Å²) in [5, 5.41) is 6.04. The summed E-state index contributed by atoms with van der Waals surface area (Å²) >= 11 is 5.91. The second-order valence-corrected chi connectivity index (χ2v) is 5.75. The molecular weight excluding hydrogens is 324 g/mol. The van der Waals surface area contributed by atoms with Gasteiger partial charge in [-0.3, -0.25) is 5.43 Å². The van der Waals surface area contributed by atoms with Crippen LogP contribution in [-0.2, 0) is 0 Å². The number of benzene rings is 2. The molecule has 0 saturated heterocycles. The molecule has 0 aliphatic carbocycles. The summed E-state index contributed by atoms with van der Waals surface area (Å²) in [6, 6.07) is 15.3. The highest BCUT2D eigenvalue weighted by Gasteiger charge is 2.12. The van der Waals surface area contributed by atoms with Gasteiger partial charge in [0.05, 0.1) is 5.71 Å². The van der Waals surface area contributed by atoms with Crippen molar-refractivity contribution in [3.63, 3.8) is 0 Å².